The largest absolute Gasteiger partial charge is 0.507 e. The maximum atomic E-state index is 15.0. The van der Waals surface area contributed by atoms with E-state index in [9.17, 15) is 15.0 Å². The molecule has 0 spiro atoms. The van der Waals surface area contributed by atoms with Crippen molar-refractivity contribution < 1.29 is 24.1 Å². The Morgan fingerprint density at radius 2 is 2.03 bits per heavy atom. The molecule has 0 bridgehead atoms. The Kier molecular flexibility index (Phi) is 9.22. The summed E-state index contributed by atoms with van der Waals surface area (Å²) >= 11 is 0. The fraction of sp³-hybridized carbons (Fsp3) is 0.241. The van der Waals surface area contributed by atoms with Crippen molar-refractivity contribution in [3.63, 3.8) is 0 Å². The average molecular weight is 491 g/mol. The SMILES string of the molecule is C/C=C(\C=C/C(C)C1=C/CNC(Oc2ccc(C)c(C(=O)O)c2)=NC/C=C\1F)C1=C(O)C=CCC=C1. The second kappa shape index (κ2) is 12.5. The lowest BCUT2D eigenvalue weighted by Gasteiger charge is -2.13. The molecular weight excluding hydrogens is 459 g/mol. The maximum Gasteiger partial charge on any atom is 0.336 e. The predicted octanol–water partition coefficient (Wildman–Crippen LogP) is 6.28. The average Bonchev–Trinajstić information content (AvgIpc) is 3.01. The maximum absolute atomic E-state index is 15.0. The number of halogens is 1. The molecule has 1 aliphatic carbocycles. The first-order valence-electron chi connectivity index (χ1n) is 11.8. The minimum absolute atomic E-state index is 0.0532. The first kappa shape index (κ1) is 26.5. The van der Waals surface area contributed by atoms with E-state index < -0.39 is 5.97 Å². The number of carboxylic acids is 1. The van der Waals surface area contributed by atoms with Gasteiger partial charge < -0.3 is 20.3 Å². The van der Waals surface area contributed by atoms with Gasteiger partial charge in [-0.3, -0.25) is 0 Å². The Morgan fingerprint density at radius 3 is 2.78 bits per heavy atom. The molecule has 0 aromatic heterocycles. The summed E-state index contributed by atoms with van der Waals surface area (Å²) < 4.78 is 20.7. The van der Waals surface area contributed by atoms with Crippen LogP contribution in [0.3, 0.4) is 0 Å². The fourth-order valence-electron chi connectivity index (χ4n) is 3.76. The summed E-state index contributed by atoms with van der Waals surface area (Å²) in [7, 11) is 0. The van der Waals surface area contributed by atoms with Crippen LogP contribution in [0.15, 0.2) is 106 Å². The Bertz CT molecular complexity index is 1250. The number of nitrogens with zero attached hydrogens (tertiary/aromatic N) is 1. The van der Waals surface area contributed by atoms with E-state index in [-0.39, 0.29) is 42.2 Å². The van der Waals surface area contributed by atoms with E-state index in [0.717, 1.165) is 12.0 Å². The summed E-state index contributed by atoms with van der Waals surface area (Å²) in [6.07, 6.45) is 17.0. The van der Waals surface area contributed by atoms with Crippen LogP contribution in [0.2, 0.25) is 0 Å². The molecule has 0 saturated carbocycles. The molecule has 7 heteroatoms. The van der Waals surface area contributed by atoms with Crippen LogP contribution in [-0.2, 0) is 0 Å². The van der Waals surface area contributed by atoms with Crippen LogP contribution in [0.1, 0.15) is 36.2 Å². The highest BCUT2D eigenvalue weighted by atomic mass is 19.1. The lowest BCUT2D eigenvalue weighted by Crippen LogP contribution is -2.29. The summed E-state index contributed by atoms with van der Waals surface area (Å²) in [6.45, 7) is 5.82. The monoisotopic (exact) mass is 490 g/mol. The van der Waals surface area contributed by atoms with Crippen molar-refractivity contribution in [3.05, 3.63) is 112 Å². The number of aliphatic hydroxyl groups is 1. The van der Waals surface area contributed by atoms with Gasteiger partial charge in [-0.2, -0.15) is 0 Å². The van der Waals surface area contributed by atoms with Crippen molar-refractivity contribution in [2.24, 2.45) is 10.9 Å². The smallest absolute Gasteiger partial charge is 0.336 e. The van der Waals surface area contributed by atoms with Gasteiger partial charge in [-0.05, 0) is 61.3 Å². The second-order valence-corrected chi connectivity index (χ2v) is 8.35. The number of carboxylic acid groups (broad SMARTS) is 1. The molecule has 3 N–H and O–H groups in total. The highest BCUT2D eigenvalue weighted by Crippen LogP contribution is 2.26. The van der Waals surface area contributed by atoms with E-state index in [0.29, 0.717) is 22.5 Å². The van der Waals surface area contributed by atoms with Crippen LogP contribution in [0, 0.1) is 12.8 Å². The van der Waals surface area contributed by atoms with E-state index in [1.807, 2.05) is 50.3 Å². The summed E-state index contributed by atoms with van der Waals surface area (Å²) in [6, 6.07) is 4.93. The van der Waals surface area contributed by atoms with Gasteiger partial charge in [0.1, 0.15) is 17.3 Å². The highest BCUT2D eigenvalue weighted by molar-refractivity contribution is 5.90. The molecule has 1 unspecified atom stereocenters. The minimum Gasteiger partial charge on any atom is -0.507 e. The summed E-state index contributed by atoms with van der Waals surface area (Å²) in [5, 5.41) is 22.7. The number of aliphatic imine (C=N–C) groups is 1. The van der Waals surface area contributed by atoms with Crippen molar-refractivity contribution in [3.8, 4) is 5.75 Å². The third kappa shape index (κ3) is 6.95. The fourth-order valence-corrected chi connectivity index (χ4v) is 3.76. The quantitative estimate of drug-likeness (QED) is 0.409. The Morgan fingerprint density at radius 1 is 1.25 bits per heavy atom. The standard InChI is InChI=1S/C29H31FN2O4/c1-4-21(24-8-6-5-7-9-27(24)33)12-10-19(2)23-14-16-31-29(32-17-15-26(23)30)36-22-13-11-20(3)25(18-22)28(34)35/h4,6-15,18-19,33H,5,16-17H2,1-3H3,(H,31,32)(H,34,35)/b12-10-,21-4+,23-14-,26-15+. The van der Waals surface area contributed by atoms with Gasteiger partial charge in [0.15, 0.2) is 0 Å². The molecule has 1 aromatic rings. The second-order valence-electron chi connectivity index (χ2n) is 8.35. The Hall–Kier alpha value is -4.13. The zero-order valence-electron chi connectivity index (χ0n) is 20.7. The van der Waals surface area contributed by atoms with E-state index in [1.165, 1.54) is 12.1 Å². The van der Waals surface area contributed by atoms with Crippen LogP contribution < -0.4 is 10.1 Å². The molecule has 2 aliphatic rings. The number of hydrogen-bond donors (Lipinski definition) is 3. The summed E-state index contributed by atoms with van der Waals surface area (Å²) in [4.78, 5) is 15.7. The zero-order chi connectivity index (χ0) is 26.1. The molecule has 3 rings (SSSR count). The Labute approximate surface area is 210 Å². The van der Waals surface area contributed by atoms with Crippen LogP contribution in [0.25, 0.3) is 0 Å². The molecule has 0 radical (unpaired) electrons. The van der Waals surface area contributed by atoms with Gasteiger partial charge in [0.25, 0.3) is 6.02 Å². The van der Waals surface area contributed by atoms with Gasteiger partial charge in [-0.15, -0.1) is 0 Å². The van der Waals surface area contributed by atoms with Crippen molar-refractivity contribution in [2.45, 2.75) is 27.2 Å². The number of ether oxygens (including phenoxy) is 1. The first-order chi connectivity index (χ1) is 17.3. The first-order valence-corrected chi connectivity index (χ1v) is 11.8. The number of aromatic carboxylic acids is 1. The number of amidine groups is 1. The molecule has 6 nitrogen and oxygen atoms in total. The lowest BCUT2D eigenvalue weighted by atomic mass is 9.95. The van der Waals surface area contributed by atoms with Crippen molar-refractivity contribution in [1.29, 1.82) is 0 Å². The van der Waals surface area contributed by atoms with E-state index in [4.69, 9.17) is 4.74 Å². The van der Waals surface area contributed by atoms with Gasteiger partial charge in [0.2, 0.25) is 0 Å². The van der Waals surface area contributed by atoms with Crippen molar-refractivity contribution in [1.82, 2.24) is 5.32 Å². The number of rotatable bonds is 6. The van der Waals surface area contributed by atoms with E-state index in [1.54, 1.807) is 31.2 Å². The Balaban J connectivity index is 1.73. The summed E-state index contributed by atoms with van der Waals surface area (Å²) in [5.41, 5.74) is 2.82. The van der Waals surface area contributed by atoms with Crippen LogP contribution in [0.4, 0.5) is 4.39 Å². The predicted molar refractivity (Wildman–Crippen MR) is 141 cm³/mol. The number of aryl methyl sites for hydroxylation is 1. The van der Waals surface area contributed by atoms with E-state index >= 15 is 4.39 Å². The third-order valence-corrected chi connectivity index (χ3v) is 5.80. The number of hydrogen-bond acceptors (Lipinski definition) is 5. The molecule has 0 amide bonds. The highest BCUT2D eigenvalue weighted by Gasteiger charge is 2.15. The number of aliphatic hydroxyl groups excluding tert-OH is 1. The molecule has 0 fully saturated rings. The summed E-state index contributed by atoms with van der Waals surface area (Å²) in [5.74, 6) is -1.14. The number of allylic oxidation sites excluding steroid dienone is 11. The minimum atomic E-state index is -1.04. The van der Waals surface area contributed by atoms with Gasteiger partial charge in [0, 0.05) is 18.0 Å². The lowest BCUT2D eigenvalue weighted by molar-refractivity contribution is 0.0695. The molecule has 188 valence electrons. The van der Waals surface area contributed by atoms with Crippen molar-refractivity contribution >= 4 is 12.0 Å². The molecule has 36 heavy (non-hydrogen) atoms. The number of benzene rings is 1. The zero-order valence-corrected chi connectivity index (χ0v) is 20.7. The third-order valence-electron chi connectivity index (χ3n) is 5.80. The molecular formula is C29H31FN2O4. The normalized spacial score (nSPS) is 20.7. The number of nitrogens with one attached hydrogen (secondary N) is 1. The van der Waals surface area contributed by atoms with Crippen LogP contribution >= 0.6 is 0 Å². The van der Waals surface area contributed by atoms with Gasteiger partial charge in [-0.25, -0.2) is 14.2 Å². The number of carbonyl (C=O) groups is 1. The van der Waals surface area contributed by atoms with Crippen LogP contribution in [-0.4, -0.2) is 35.3 Å². The molecule has 1 atom stereocenters. The molecule has 0 saturated heterocycles. The topological polar surface area (TPSA) is 91.2 Å². The molecule has 1 aromatic carbocycles. The molecule has 1 aliphatic heterocycles. The van der Waals surface area contributed by atoms with Crippen LogP contribution in [0.5, 0.6) is 5.75 Å². The van der Waals surface area contributed by atoms with Gasteiger partial charge in [-0.1, -0.05) is 55.5 Å². The van der Waals surface area contributed by atoms with Crippen molar-refractivity contribution in [2.75, 3.05) is 13.1 Å². The van der Waals surface area contributed by atoms with E-state index in [2.05, 4.69) is 10.3 Å². The van der Waals surface area contributed by atoms with Gasteiger partial charge in [0.05, 0.1) is 12.1 Å². The van der Waals surface area contributed by atoms with Gasteiger partial charge >= 0.3 is 5.97 Å². The molecule has 1 heterocycles.